The van der Waals surface area contributed by atoms with Crippen LogP contribution in [0.4, 0.5) is 0 Å². The molecule has 1 aromatic carbocycles. The number of hydrogen-bond donors (Lipinski definition) is 1. The molecule has 0 aliphatic carbocycles. The number of pyridine rings is 1. The van der Waals surface area contributed by atoms with Crippen LogP contribution >= 0.6 is 12.2 Å². The summed E-state index contributed by atoms with van der Waals surface area (Å²) >= 11 is 5.62. The van der Waals surface area contributed by atoms with E-state index in [-0.39, 0.29) is 24.6 Å². The third-order valence-corrected chi connectivity index (χ3v) is 5.52. The van der Waals surface area contributed by atoms with Crippen molar-refractivity contribution in [1.82, 2.24) is 19.8 Å². The van der Waals surface area contributed by atoms with Crippen LogP contribution in [0.15, 0.2) is 67.0 Å². The van der Waals surface area contributed by atoms with Crippen molar-refractivity contribution in [2.45, 2.75) is 25.9 Å². The van der Waals surface area contributed by atoms with Crippen LogP contribution in [0.2, 0.25) is 0 Å². The van der Waals surface area contributed by atoms with Gasteiger partial charge in [0.05, 0.1) is 24.4 Å². The van der Waals surface area contributed by atoms with Gasteiger partial charge in [-0.15, -0.1) is 0 Å². The summed E-state index contributed by atoms with van der Waals surface area (Å²) in [6.45, 7) is 4.28. The first kappa shape index (κ1) is 20.1. The summed E-state index contributed by atoms with van der Waals surface area (Å²) in [5, 5.41) is 3.88. The summed E-state index contributed by atoms with van der Waals surface area (Å²) in [6, 6.07) is 17.8. The molecule has 1 N–H and O–H groups in total. The molecule has 0 amide bonds. The van der Waals surface area contributed by atoms with Crippen molar-refractivity contribution in [3.05, 3.63) is 83.9 Å². The monoisotopic (exact) mass is 420 g/mol. The maximum atomic E-state index is 12.3. The molecule has 0 spiro atoms. The fourth-order valence-corrected chi connectivity index (χ4v) is 4.20. The van der Waals surface area contributed by atoms with E-state index in [9.17, 15) is 4.79 Å². The average Bonchev–Trinajstić information content (AvgIpc) is 3.34. The fourth-order valence-electron chi connectivity index (χ4n) is 3.89. The van der Waals surface area contributed by atoms with E-state index in [2.05, 4.69) is 46.1 Å². The van der Waals surface area contributed by atoms with Crippen molar-refractivity contribution >= 4 is 23.3 Å². The van der Waals surface area contributed by atoms with Crippen molar-refractivity contribution < 1.29 is 9.53 Å². The first-order valence-corrected chi connectivity index (χ1v) is 10.4. The number of esters is 1. The largest absolute Gasteiger partial charge is 0.465 e. The van der Waals surface area contributed by atoms with Gasteiger partial charge in [-0.1, -0.05) is 18.2 Å². The van der Waals surface area contributed by atoms with E-state index in [0.29, 0.717) is 11.7 Å². The molecule has 154 valence electrons. The molecular formula is C23H24N4O2S. The van der Waals surface area contributed by atoms with Gasteiger partial charge in [0, 0.05) is 23.8 Å². The second-order valence-corrected chi connectivity index (χ2v) is 7.59. The standard InChI is InChI=1S/C23H24N4O2S/c1-3-29-20(28)15-27-22(21(25-23(27)30)18-10-4-5-12-24-18)19-11-7-13-26(19)17-9-6-8-16(2)14-17/h4-14,21-22H,3,15H2,1-2H3,(H,25,30). The maximum Gasteiger partial charge on any atom is 0.325 e. The van der Waals surface area contributed by atoms with Crippen molar-refractivity contribution in [3.63, 3.8) is 0 Å². The fraction of sp³-hybridized carbons (Fsp3) is 0.261. The van der Waals surface area contributed by atoms with Gasteiger partial charge in [-0.25, -0.2) is 0 Å². The minimum atomic E-state index is -0.304. The molecule has 0 radical (unpaired) electrons. The zero-order chi connectivity index (χ0) is 21.1. The van der Waals surface area contributed by atoms with E-state index < -0.39 is 0 Å². The lowest BCUT2D eigenvalue weighted by atomic mass is 10.0. The van der Waals surface area contributed by atoms with E-state index in [1.807, 2.05) is 41.4 Å². The zero-order valence-electron chi connectivity index (χ0n) is 17.0. The lowest BCUT2D eigenvalue weighted by molar-refractivity contribution is -0.143. The van der Waals surface area contributed by atoms with Crippen LogP contribution in [0.1, 0.15) is 36.0 Å². The Balaban J connectivity index is 1.79. The second-order valence-electron chi connectivity index (χ2n) is 7.20. The number of thiocarbonyl (C=S) groups is 1. The smallest absolute Gasteiger partial charge is 0.325 e. The van der Waals surface area contributed by atoms with Gasteiger partial charge in [-0.05, 0) is 68.0 Å². The van der Waals surface area contributed by atoms with E-state index in [1.165, 1.54) is 5.56 Å². The summed E-state index contributed by atoms with van der Waals surface area (Å²) < 4.78 is 7.34. The number of aromatic nitrogens is 2. The highest BCUT2D eigenvalue weighted by Crippen LogP contribution is 2.39. The van der Waals surface area contributed by atoms with Crippen LogP contribution in [0.3, 0.4) is 0 Å². The summed E-state index contributed by atoms with van der Waals surface area (Å²) in [5.41, 5.74) is 4.13. The van der Waals surface area contributed by atoms with Gasteiger partial charge in [0.1, 0.15) is 6.54 Å². The molecule has 2 atom stereocenters. The van der Waals surface area contributed by atoms with Gasteiger partial charge in [0.15, 0.2) is 5.11 Å². The first-order chi connectivity index (χ1) is 14.6. The summed E-state index contributed by atoms with van der Waals surface area (Å²) in [5.74, 6) is -0.304. The number of carbonyl (C=O) groups is 1. The molecule has 1 aliphatic rings. The third kappa shape index (κ3) is 3.93. The van der Waals surface area contributed by atoms with E-state index >= 15 is 0 Å². The number of nitrogens with one attached hydrogen (secondary N) is 1. The van der Waals surface area contributed by atoms with Gasteiger partial charge in [0.25, 0.3) is 0 Å². The van der Waals surface area contributed by atoms with E-state index in [1.54, 1.807) is 13.1 Å². The highest BCUT2D eigenvalue weighted by molar-refractivity contribution is 7.80. The van der Waals surface area contributed by atoms with Gasteiger partial charge in [-0.3, -0.25) is 9.78 Å². The molecule has 0 bridgehead atoms. The number of hydrogen-bond acceptors (Lipinski definition) is 4. The van der Waals surface area contributed by atoms with Crippen molar-refractivity contribution in [2.75, 3.05) is 13.2 Å². The molecule has 7 heteroatoms. The normalized spacial score (nSPS) is 18.3. The molecular weight excluding hydrogens is 396 g/mol. The number of aryl methyl sites for hydroxylation is 1. The lowest BCUT2D eigenvalue weighted by Crippen LogP contribution is -2.36. The van der Waals surface area contributed by atoms with Gasteiger partial charge in [-0.2, -0.15) is 0 Å². The zero-order valence-corrected chi connectivity index (χ0v) is 17.8. The van der Waals surface area contributed by atoms with Crippen LogP contribution < -0.4 is 5.32 Å². The Hall–Kier alpha value is -3.19. The molecule has 4 rings (SSSR count). The Morgan fingerprint density at radius 2 is 2.07 bits per heavy atom. The summed E-state index contributed by atoms with van der Waals surface area (Å²) in [4.78, 5) is 18.8. The van der Waals surface area contributed by atoms with Crippen LogP contribution in [-0.4, -0.2) is 38.7 Å². The first-order valence-electron chi connectivity index (χ1n) is 9.96. The predicted octanol–water partition coefficient (Wildman–Crippen LogP) is 3.72. The highest BCUT2D eigenvalue weighted by Gasteiger charge is 2.42. The van der Waals surface area contributed by atoms with E-state index in [4.69, 9.17) is 17.0 Å². The van der Waals surface area contributed by atoms with Crippen molar-refractivity contribution in [1.29, 1.82) is 0 Å². The van der Waals surface area contributed by atoms with Crippen LogP contribution in [-0.2, 0) is 9.53 Å². The number of benzene rings is 1. The molecule has 2 unspecified atom stereocenters. The maximum absolute atomic E-state index is 12.3. The molecule has 1 saturated heterocycles. The molecule has 2 aromatic heterocycles. The number of nitrogens with zero attached hydrogens (tertiary/aromatic N) is 3. The lowest BCUT2D eigenvalue weighted by Gasteiger charge is -2.28. The van der Waals surface area contributed by atoms with Crippen LogP contribution in [0.25, 0.3) is 5.69 Å². The third-order valence-electron chi connectivity index (χ3n) is 5.17. The Labute approximate surface area is 181 Å². The van der Waals surface area contributed by atoms with Crippen LogP contribution in [0.5, 0.6) is 0 Å². The second kappa shape index (κ2) is 8.67. The topological polar surface area (TPSA) is 59.4 Å². The Bertz CT molecular complexity index is 1050. The predicted molar refractivity (Wildman–Crippen MR) is 119 cm³/mol. The van der Waals surface area contributed by atoms with Crippen molar-refractivity contribution in [3.8, 4) is 5.69 Å². The van der Waals surface area contributed by atoms with Gasteiger partial charge >= 0.3 is 5.97 Å². The molecule has 30 heavy (non-hydrogen) atoms. The Morgan fingerprint density at radius 1 is 1.20 bits per heavy atom. The SMILES string of the molecule is CCOC(=O)CN1C(=S)NC(c2ccccn2)C1c1cccn1-c1cccc(C)c1. The molecule has 1 fully saturated rings. The van der Waals surface area contributed by atoms with Gasteiger partial charge in [0.2, 0.25) is 0 Å². The molecule has 6 nitrogen and oxygen atoms in total. The minimum Gasteiger partial charge on any atom is -0.465 e. The average molecular weight is 421 g/mol. The Morgan fingerprint density at radius 3 is 2.80 bits per heavy atom. The number of ether oxygens (including phenoxy) is 1. The minimum absolute atomic E-state index is 0.0761. The molecule has 0 saturated carbocycles. The molecule has 3 heterocycles. The Kier molecular flexibility index (Phi) is 5.81. The van der Waals surface area contributed by atoms with Gasteiger partial charge < -0.3 is 19.5 Å². The number of rotatable bonds is 6. The van der Waals surface area contributed by atoms with Crippen LogP contribution in [0, 0.1) is 6.92 Å². The van der Waals surface area contributed by atoms with E-state index in [0.717, 1.165) is 17.1 Å². The number of carbonyl (C=O) groups excluding carboxylic acids is 1. The van der Waals surface area contributed by atoms with Crippen molar-refractivity contribution in [2.24, 2.45) is 0 Å². The highest BCUT2D eigenvalue weighted by atomic mass is 32.1. The quantitative estimate of drug-likeness (QED) is 0.485. The summed E-state index contributed by atoms with van der Waals surface area (Å²) in [7, 11) is 0. The molecule has 3 aromatic rings. The summed E-state index contributed by atoms with van der Waals surface area (Å²) in [6.07, 6.45) is 3.80. The molecule has 1 aliphatic heterocycles.